The van der Waals surface area contributed by atoms with Gasteiger partial charge in [0, 0.05) is 16.8 Å². The fourth-order valence-electron chi connectivity index (χ4n) is 6.87. The van der Waals surface area contributed by atoms with Gasteiger partial charge in [0.05, 0.1) is 0 Å². The number of fused-ring (bicyclic) bond motifs is 2. The Morgan fingerprint density at radius 1 is 0.500 bits per heavy atom. The van der Waals surface area contributed by atoms with Crippen molar-refractivity contribution in [3.05, 3.63) is 119 Å². The summed E-state index contributed by atoms with van der Waals surface area (Å²) in [5.74, 6) is 0. The van der Waals surface area contributed by atoms with Gasteiger partial charge in [-0.15, -0.1) is 0 Å². The molecule has 0 aliphatic heterocycles. The summed E-state index contributed by atoms with van der Waals surface area (Å²) in [5.41, 5.74) is 14.5. The SMILES string of the molecule is CC(C)(C)c1ccc(Nc2ccc3c(c2)C(C)(C)c2c(-c4cc(C(C)(C)C)cc(C(C)(C)C)c4)ccc4cccc-3c24)cc1. The monoisotopic (exact) mass is 579 g/mol. The lowest BCUT2D eigenvalue weighted by Gasteiger charge is -2.37. The van der Waals surface area contributed by atoms with Crippen molar-refractivity contribution in [3.63, 3.8) is 0 Å². The maximum absolute atomic E-state index is 3.71. The molecular weight excluding hydrogens is 530 g/mol. The van der Waals surface area contributed by atoms with Crippen LogP contribution in [0.15, 0.2) is 91.0 Å². The van der Waals surface area contributed by atoms with Crippen LogP contribution in [-0.4, -0.2) is 0 Å². The molecule has 1 N–H and O–H groups in total. The molecule has 1 aliphatic rings. The van der Waals surface area contributed by atoms with Crippen molar-refractivity contribution in [1.29, 1.82) is 0 Å². The van der Waals surface area contributed by atoms with E-state index >= 15 is 0 Å². The normalized spacial score (nSPS) is 14.4. The van der Waals surface area contributed by atoms with E-state index in [4.69, 9.17) is 0 Å². The molecule has 0 atom stereocenters. The first-order chi connectivity index (χ1) is 20.4. The third-order valence-electron chi connectivity index (χ3n) is 9.67. The summed E-state index contributed by atoms with van der Waals surface area (Å²) in [7, 11) is 0. The topological polar surface area (TPSA) is 12.0 Å². The molecule has 0 saturated carbocycles. The second kappa shape index (κ2) is 10.1. The quantitative estimate of drug-likeness (QED) is 0.224. The molecule has 6 rings (SSSR count). The standard InChI is InChI=1S/C43H49N/c1-40(2,3)29-16-18-32(19-17-29)44-33-20-22-35-36-14-12-13-27-15-21-34(39(38(27)36)43(10,11)37(35)26-33)28-23-30(41(4,5)6)25-31(24-28)42(7,8)9/h12-26,44H,1-11H3. The van der Waals surface area contributed by atoms with Crippen molar-refractivity contribution in [1.82, 2.24) is 0 Å². The van der Waals surface area contributed by atoms with E-state index in [0.29, 0.717) is 0 Å². The minimum Gasteiger partial charge on any atom is -0.356 e. The molecule has 226 valence electrons. The molecule has 0 radical (unpaired) electrons. The number of benzene rings is 5. The maximum Gasteiger partial charge on any atom is 0.0387 e. The highest BCUT2D eigenvalue weighted by Gasteiger charge is 2.36. The summed E-state index contributed by atoms with van der Waals surface area (Å²) in [4.78, 5) is 0. The number of hydrogen-bond acceptors (Lipinski definition) is 1. The average molecular weight is 580 g/mol. The van der Waals surface area contributed by atoms with Crippen LogP contribution in [0.5, 0.6) is 0 Å². The molecule has 0 amide bonds. The number of nitrogens with one attached hydrogen (secondary N) is 1. The summed E-state index contributed by atoms with van der Waals surface area (Å²) < 4.78 is 0. The van der Waals surface area contributed by atoms with Crippen LogP contribution in [-0.2, 0) is 21.7 Å². The summed E-state index contributed by atoms with van der Waals surface area (Å²) in [5, 5.41) is 6.41. The van der Waals surface area contributed by atoms with Gasteiger partial charge in [-0.2, -0.15) is 0 Å². The predicted octanol–water partition coefficient (Wildman–Crippen LogP) is 12.4. The zero-order valence-corrected chi connectivity index (χ0v) is 28.7. The first-order valence-electron chi connectivity index (χ1n) is 16.2. The van der Waals surface area contributed by atoms with E-state index < -0.39 is 0 Å². The number of hydrogen-bond donors (Lipinski definition) is 1. The molecule has 0 aromatic heterocycles. The molecule has 0 bridgehead atoms. The van der Waals surface area contributed by atoms with Crippen LogP contribution in [0.25, 0.3) is 33.0 Å². The zero-order chi connectivity index (χ0) is 31.8. The van der Waals surface area contributed by atoms with Crippen molar-refractivity contribution in [2.24, 2.45) is 0 Å². The van der Waals surface area contributed by atoms with Crippen molar-refractivity contribution in [2.45, 2.75) is 97.8 Å². The van der Waals surface area contributed by atoms with Gasteiger partial charge >= 0.3 is 0 Å². The minimum absolute atomic E-state index is 0.0586. The Kier molecular flexibility index (Phi) is 6.93. The van der Waals surface area contributed by atoms with E-state index in [2.05, 4.69) is 172 Å². The van der Waals surface area contributed by atoms with E-state index in [1.807, 2.05) is 0 Å². The Morgan fingerprint density at radius 3 is 1.66 bits per heavy atom. The predicted molar refractivity (Wildman–Crippen MR) is 193 cm³/mol. The Balaban J connectivity index is 1.54. The average Bonchev–Trinajstić information content (AvgIpc) is 2.94. The van der Waals surface area contributed by atoms with E-state index in [1.165, 1.54) is 60.8 Å². The Bertz CT molecular complexity index is 1850. The van der Waals surface area contributed by atoms with Gasteiger partial charge in [-0.25, -0.2) is 0 Å². The Labute approximate surface area is 265 Å². The van der Waals surface area contributed by atoms with E-state index in [1.54, 1.807) is 0 Å². The lowest BCUT2D eigenvalue weighted by molar-refractivity contribution is 0.569. The fraction of sp³-hybridized carbons (Fsp3) is 0.349. The van der Waals surface area contributed by atoms with Crippen LogP contribution in [0.3, 0.4) is 0 Å². The van der Waals surface area contributed by atoms with Crippen LogP contribution in [0.2, 0.25) is 0 Å². The van der Waals surface area contributed by atoms with Gasteiger partial charge in [0.15, 0.2) is 0 Å². The molecule has 0 fully saturated rings. The van der Waals surface area contributed by atoms with Gasteiger partial charge in [-0.3, -0.25) is 0 Å². The van der Waals surface area contributed by atoms with Gasteiger partial charge in [0.25, 0.3) is 0 Å². The van der Waals surface area contributed by atoms with Gasteiger partial charge in [-0.05, 0) is 101 Å². The van der Waals surface area contributed by atoms with Crippen LogP contribution in [0.1, 0.15) is 104 Å². The third-order valence-corrected chi connectivity index (χ3v) is 9.67. The second-order valence-electron chi connectivity index (χ2n) is 16.5. The van der Waals surface area contributed by atoms with E-state index in [-0.39, 0.29) is 21.7 Å². The molecule has 5 aromatic carbocycles. The van der Waals surface area contributed by atoms with E-state index in [0.717, 1.165) is 11.4 Å². The summed E-state index contributed by atoms with van der Waals surface area (Å²) in [6, 6.07) is 34.7. The number of rotatable bonds is 3. The van der Waals surface area contributed by atoms with Crippen LogP contribution in [0.4, 0.5) is 11.4 Å². The number of anilines is 2. The third kappa shape index (κ3) is 5.25. The highest BCUT2D eigenvalue weighted by molar-refractivity contribution is 6.06. The summed E-state index contributed by atoms with van der Waals surface area (Å²) in [6.07, 6.45) is 0. The van der Waals surface area contributed by atoms with Gasteiger partial charge in [0.2, 0.25) is 0 Å². The summed E-state index contributed by atoms with van der Waals surface area (Å²) >= 11 is 0. The second-order valence-corrected chi connectivity index (χ2v) is 16.5. The molecule has 44 heavy (non-hydrogen) atoms. The molecule has 1 nitrogen and oxygen atoms in total. The molecule has 0 saturated heterocycles. The molecule has 0 spiro atoms. The molecule has 1 heteroatoms. The lowest BCUT2D eigenvalue weighted by Crippen LogP contribution is -2.25. The molecule has 0 heterocycles. The van der Waals surface area contributed by atoms with E-state index in [9.17, 15) is 0 Å². The van der Waals surface area contributed by atoms with Crippen LogP contribution < -0.4 is 5.32 Å². The largest absolute Gasteiger partial charge is 0.356 e. The fourth-order valence-corrected chi connectivity index (χ4v) is 6.87. The minimum atomic E-state index is -0.202. The molecular formula is C43H49N. The van der Waals surface area contributed by atoms with Crippen molar-refractivity contribution >= 4 is 22.1 Å². The van der Waals surface area contributed by atoms with Crippen molar-refractivity contribution < 1.29 is 0 Å². The Morgan fingerprint density at radius 2 is 1.07 bits per heavy atom. The van der Waals surface area contributed by atoms with Crippen molar-refractivity contribution in [3.8, 4) is 22.3 Å². The highest BCUT2D eigenvalue weighted by Crippen LogP contribution is 2.53. The first kappa shape index (κ1) is 30.2. The zero-order valence-electron chi connectivity index (χ0n) is 28.7. The maximum atomic E-state index is 3.71. The van der Waals surface area contributed by atoms with Crippen molar-refractivity contribution in [2.75, 3.05) is 5.32 Å². The summed E-state index contributed by atoms with van der Waals surface area (Å²) in [6.45, 7) is 25.6. The first-order valence-corrected chi connectivity index (χ1v) is 16.2. The Hall–Kier alpha value is -3.84. The molecule has 0 unspecified atom stereocenters. The van der Waals surface area contributed by atoms with Crippen LogP contribution >= 0.6 is 0 Å². The smallest absolute Gasteiger partial charge is 0.0387 e. The molecule has 5 aromatic rings. The van der Waals surface area contributed by atoms with Gasteiger partial charge in [-0.1, -0.05) is 143 Å². The van der Waals surface area contributed by atoms with Gasteiger partial charge in [0.1, 0.15) is 0 Å². The van der Waals surface area contributed by atoms with Crippen LogP contribution in [0, 0.1) is 0 Å². The lowest BCUT2D eigenvalue weighted by atomic mass is 9.66. The van der Waals surface area contributed by atoms with Gasteiger partial charge < -0.3 is 5.32 Å². The highest BCUT2D eigenvalue weighted by atomic mass is 14.9. The molecule has 1 aliphatic carbocycles.